The van der Waals surface area contributed by atoms with Gasteiger partial charge >= 0.3 is 0 Å². The zero-order chi connectivity index (χ0) is 16.5. The molecule has 0 rings (SSSR count). The minimum absolute atomic E-state index is 0. The van der Waals surface area contributed by atoms with Gasteiger partial charge in [0.25, 0.3) is 0 Å². The van der Waals surface area contributed by atoms with Crippen LogP contribution in [0.3, 0.4) is 0 Å². The second-order valence-corrected chi connectivity index (χ2v) is 6.42. The fourth-order valence-electron chi connectivity index (χ4n) is 2.03. The average Bonchev–Trinajstić information content (AvgIpc) is 2.45. The van der Waals surface area contributed by atoms with Gasteiger partial charge in [-0.2, -0.15) is 0 Å². The van der Waals surface area contributed by atoms with Crippen molar-refractivity contribution in [3.8, 4) is 0 Å². The van der Waals surface area contributed by atoms with E-state index in [-0.39, 0.29) is 19.4 Å². The number of hydrogen-bond donors (Lipinski definition) is 1. The lowest BCUT2D eigenvalue weighted by molar-refractivity contribution is 0.0939. The highest BCUT2D eigenvalue weighted by molar-refractivity contribution is 7.80. The van der Waals surface area contributed by atoms with E-state index in [2.05, 4.69) is 23.3 Å². The maximum atomic E-state index is 10.1. The van der Waals surface area contributed by atoms with Crippen molar-refractivity contribution >= 4 is 10.4 Å². The van der Waals surface area contributed by atoms with Crippen molar-refractivity contribution in [3.05, 3.63) is 12.2 Å². The number of rotatable bonds is 16. The average molecular weight is 354 g/mol. The van der Waals surface area contributed by atoms with Gasteiger partial charge in [0.15, 0.2) is 0 Å². The molecule has 0 unspecified atom stereocenters. The van der Waals surface area contributed by atoms with Gasteiger partial charge in [0.05, 0.1) is 13.2 Å². The summed E-state index contributed by atoms with van der Waals surface area (Å²) < 4.78 is 39.6. The lowest BCUT2D eigenvalue weighted by atomic mass is 10.1. The van der Waals surface area contributed by atoms with E-state index in [9.17, 15) is 13.0 Å². The SMILES string of the molecule is CCCC/C=C/CCCCCCCCOCCOS(=O)(=O)[O-].[NH4+]. The Balaban J connectivity index is 0. The molecule has 0 fully saturated rings. The summed E-state index contributed by atoms with van der Waals surface area (Å²) >= 11 is 0. The minimum atomic E-state index is -4.58. The number of unbranched alkanes of at least 4 members (excludes halogenated alkanes) is 8. The first-order valence-corrected chi connectivity index (χ1v) is 9.72. The largest absolute Gasteiger partial charge is 0.726 e. The van der Waals surface area contributed by atoms with E-state index < -0.39 is 10.4 Å². The number of quaternary nitrogens is 1. The topological polar surface area (TPSA) is 112 Å². The van der Waals surface area contributed by atoms with Crippen LogP contribution in [0.5, 0.6) is 0 Å². The number of ether oxygens (including phenoxy) is 1. The molecule has 0 atom stereocenters. The Labute approximate surface area is 142 Å². The maximum absolute atomic E-state index is 10.1. The van der Waals surface area contributed by atoms with E-state index in [4.69, 9.17) is 4.74 Å². The van der Waals surface area contributed by atoms with Crippen LogP contribution in [0.4, 0.5) is 0 Å². The van der Waals surface area contributed by atoms with E-state index in [1.165, 1.54) is 51.4 Å². The zero-order valence-electron chi connectivity index (χ0n) is 14.8. The molecule has 0 bridgehead atoms. The second kappa shape index (κ2) is 17.9. The van der Waals surface area contributed by atoms with Crippen molar-refractivity contribution in [2.24, 2.45) is 0 Å². The normalized spacial score (nSPS) is 11.7. The van der Waals surface area contributed by atoms with Crippen LogP contribution in [0.15, 0.2) is 12.2 Å². The minimum Gasteiger partial charge on any atom is -0.726 e. The van der Waals surface area contributed by atoms with E-state index >= 15 is 0 Å². The quantitative estimate of drug-likeness (QED) is 0.192. The first-order valence-electron chi connectivity index (χ1n) is 8.39. The predicted molar refractivity (Wildman–Crippen MR) is 93.4 cm³/mol. The molecule has 0 aliphatic rings. The zero-order valence-corrected chi connectivity index (χ0v) is 15.6. The highest BCUT2D eigenvalue weighted by Gasteiger charge is 1.95. The van der Waals surface area contributed by atoms with Gasteiger partial charge in [0, 0.05) is 6.61 Å². The summed E-state index contributed by atoms with van der Waals surface area (Å²) in [6.45, 7) is 2.75. The van der Waals surface area contributed by atoms with Crippen LogP contribution in [0.25, 0.3) is 0 Å². The summed E-state index contributed by atoms with van der Waals surface area (Å²) in [5.41, 5.74) is 0. The Kier molecular flexibility index (Phi) is 19.3. The van der Waals surface area contributed by atoms with Crippen molar-refractivity contribution < 1.29 is 21.9 Å². The summed E-state index contributed by atoms with van der Waals surface area (Å²) in [5.74, 6) is 0. The van der Waals surface area contributed by atoms with Gasteiger partial charge in [-0.25, -0.2) is 8.42 Å². The lowest BCUT2D eigenvalue weighted by Crippen LogP contribution is -2.10. The summed E-state index contributed by atoms with van der Waals surface area (Å²) in [7, 11) is -4.58. The van der Waals surface area contributed by atoms with Gasteiger partial charge in [-0.1, -0.05) is 57.6 Å². The van der Waals surface area contributed by atoms with Gasteiger partial charge in [-0.3, -0.25) is 4.18 Å². The maximum Gasteiger partial charge on any atom is 0.217 e. The summed E-state index contributed by atoms with van der Waals surface area (Å²) in [5, 5.41) is 0. The van der Waals surface area contributed by atoms with E-state index in [0.717, 1.165) is 12.8 Å². The fraction of sp³-hybridized carbons (Fsp3) is 0.875. The molecule has 23 heavy (non-hydrogen) atoms. The molecule has 140 valence electrons. The molecule has 0 aliphatic heterocycles. The van der Waals surface area contributed by atoms with Crippen LogP contribution in [0.1, 0.15) is 71.1 Å². The highest BCUT2D eigenvalue weighted by Crippen LogP contribution is 2.08. The summed E-state index contributed by atoms with van der Waals surface area (Å²) in [6, 6.07) is 0. The summed E-state index contributed by atoms with van der Waals surface area (Å²) in [6.07, 6.45) is 16.6. The molecule has 0 aromatic rings. The molecule has 0 heterocycles. The predicted octanol–water partition coefficient (Wildman–Crippen LogP) is 4.33. The van der Waals surface area contributed by atoms with E-state index in [1.807, 2.05) is 0 Å². The molecule has 0 amide bonds. The van der Waals surface area contributed by atoms with Crippen LogP contribution in [-0.2, 0) is 19.3 Å². The molecular formula is C16H35NO5S. The third-order valence-electron chi connectivity index (χ3n) is 3.26. The number of hydrogen-bond acceptors (Lipinski definition) is 5. The van der Waals surface area contributed by atoms with Crippen molar-refractivity contribution in [2.45, 2.75) is 71.1 Å². The first kappa shape index (κ1) is 24.8. The van der Waals surface area contributed by atoms with Crippen LogP contribution in [-0.4, -0.2) is 32.8 Å². The lowest BCUT2D eigenvalue weighted by Gasteiger charge is -2.07. The molecule has 0 saturated carbocycles. The fourth-order valence-corrected chi connectivity index (χ4v) is 2.30. The number of allylic oxidation sites excluding steroid dienone is 2. The molecule has 0 aromatic heterocycles. The Morgan fingerprint density at radius 2 is 1.39 bits per heavy atom. The third kappa shape index (κ3) is 23.9. The third-order valence-corrected chi connectivity index (χ3v) is 3.71. The smallest absolute Gasteiger partial charge is 0.217 e. The first-order chi connectivity index (χ1) is 10.6. The molecule has 0 aromatic carbocycles. The molecular weight excluding hydrogens is 318 g/mol. The molecule has 0 spiro atoms. The Hall–Kier alpha value is -0.470. The van der Waals surface area contributed by atoms with Gasteiger partial charge in [0.1, 0.15) is 0 Å². The van der Waals surface area contributed by atoms with Crippen LogP contribution in [0.2, 0.25) is 0 Å². The van der Waals surface area contributed by atoms with Crippen LogP contribution < -0.4 is 6.15 Å². The molecule has 7 heteroatoms. The van der Waals surface area contributed by atoms with Gasteiger partial charge in [-0.15, -0.1) is 0 Å². The Morgan fingerprint density at radius 1 is 0.826 bits per heavy atom. The Morgan fingerprint density at radius 3 is 2.00 bits per heavy atom. The molecule has 0 radical (unpaired) electrons. The monoisotopic (exact) mass is 353 g/mol. The highest BCUT2D eigenvalue weighted by atomic mass is 32.3. The molecule has 4 N–H and O–H groups in total. The van der Waals surface area contributed by atoms with Crippen molar-refractivity contribution in [1.82, 2.24) is 6.15 Å². The molecule has 0 saturated heterocycles. The van der Waals surface area contributed by atoms with Gasteiger partial charge in [0.2, 0.25) is 10.4 Å². The van der Waals surface area contributed by atoms with Gasteiger partial charge < -0.3 is 15.4 Å². The van der Waals surface area contributed by atoms with Crippen molar-refractivity contribution in [1.29, 1.82) is 0 Å². The van der Waals surface area contributed by atoms with E-state index in [1.54, 1.807) is 0 Å². The molecule has 6 nitrogen and oxygen atoms in total. The van der Waals surface area contributed by atoms with Gasteiger partial charge in [-0.05, 0) is 25.7 Å². The molecule has 0 aliphatic carbocycles. The second-order valence-electron chi connectivity index (χ2n) is 5.37. The standard InChI is InChI=1S/C16H32O5S.H3N/c1-2-3-4-5-6-7-8-9-10-11-12-13-14-20-15-16-21-22(17,18)19;/h5-6H,2-4,7-16H2,1H3,(H,17,18,19);1H3/b6-5+;. The van der Waals surface area contributed by atoms with Crippen molar-refractivity contribution in [3.63, 3.8) is 0 Å². The van der Waals surface area contributed by atoms with Crippen LogP contribution >= 0.6 is 0 Å². The van der Waals surface area contributed by atoms with Crippen molar-refractivity contribution in [2.75, 3.05) is 19.8 Å². The Bertz CT molecular complexity index is 357. The van der Waals surface area contributed by atoms with Crippen LogP contribution in [0, 0.1) is 0 Å². The summed E-state index contributed by atoms with van der Waals surface area (Å²) in [4.78, 5) is 0. The van der Waals surface area contributed by atoms with E-state index in [0.29, 0.717) is 6.61 Å².